The lowest BCUT2D eigenvalue weighted by Gasteiger charge is -2.53. The van der Waals surface area contributed by atoms with Gasteiger partial charge in [0.15, 0.2) is 0 Å². The van der Waals surface area contributed by atoms with Crippen LogP contribution in [-0.2, 0) is 4.74 Å². The molecule has 0 aromatic carbocycles. The maximum absolute atomic E-state index is 6.21. The summed E-state index contributed by atoms with van der Waals surface area (Å²) in [5.74, 6) is 2.65. The van der Waals surface area contributed by atoms with Crippen molar-refractivity contribution in [3.63, 3.8) is 0 Å². The Morgan fingerprint density at radius 2 is 2.12 bits per heavy atom. The number of hydrogen-bond donors (Lipinski definition) is 1. The topological polar surface area (TPSA) is 85.3 Å². The summed E-state index contributed by atoms with van der Waals surface area (Å²) in [6.45, 7) is 3.35. The molecule has 0 aliphatic carbocycles. The summed E-state index contributed by atoms with van der Waals surface area (Å²) in [4.78, 5) is 18.9. The van der Waals surface area contributed by atoms with Crippen LogP contribution in [0.25, 0.3) is 0 Å². The highest BCUT2D eigenvalue weighted by Crippen LogP contribution is 2.38. The first-order valence-corrected chi connectivity index (χ1v) is 8.52. The standard InChI is InChI=1S/C17H22N6O2/c1-24-15-7-14(21-12-22-15)23-10-17(11-23)4-3-13(9-25-17)8-20-16-18-5-2-6-19-16/h2,5-7,12-13H,3-4,8-11H2,1H3,(H,18,19,20)/t13-/m0/s1. The number of ether oxygens (including phenoxy) is 2. The van der Waals surface area contributed by atoms with Gasteiger partial charge in [-0.1, -0.05) is 0 Å². The van der Waals surface area contributed by atoms with Crippen molar-refractivity contribution in [3.05, 3.63) is 30.9 Å². The van der Waals surface area contributed by atoms with Gasteiger partial charge in [-0.2, -0.15) is 0 Å². The summed E-state index contributed by atoms with van der Waals surface area (Å²) >= 11 is 0. The van der Waals surface area contributed by atoms with E-state index in [9.17, 15) is 0 Å². The highest BCUT2D eigenvalue weighted by molar-refractivity contribution is 5.45. The van der Waals surface area contributed by atoms with Crippen LogP contribution < -0.4 is 15.0 Å². The molecular formula is C17H22N6O2. The van der Waals surface area contributed by atoms with Gasteiger partial charge in [-0.3, -0.25) is 0 Å². The minimum atomic E-state index is -0.0298. The van der Waals surface area contributed by atoms with Crippen molar-refractivity contribution in [2.45, 2.75) is 18.4 Å². The second-order valence-electron chi connectivity index (χ2n) is 6.63. The van der Waals surface area contributed by atoms with Crippen LogP contribution in [0.2, 0.25) is 0 Å². The third-order valence-corrected chi connectivity index (χ3v) is 4.87. The molecule has 2 saturated heterocycles. The minimum absolute atomic E-state index is 0.0298. The van der Waals surface area contributed by atoms with Gasteiger partial charge in [0.25, 0.3) is 0 Å². The number of nitrogens with zero attached hydrogens (tertiary/aromatic N) is 5. The molecule has 2 aromatic rings. The summed E-state index contributed by atoms with van der Waals surface area (Å²) < 4.78 is 11.4. The average molecular weight is 342 g/mol. The summed E-state index contributed by atoms with van der Waals surface area (Å²) in [7, 11) is 1.61. The smallest absolute Gasteiger partial charge is 0.222 e. The maximum Gasteiger partial charge on any atom is 0.222 e. The molecule has 1 spiro atoms. The summed E-state index contributed by atoms with van der Waals surface area (Å²) in [5, 5.41) is 3.28. The highest BCUT2D eigenvalue weighted by Gasteiger charge is 2.47. The Labute approximate surface area is 146 Å². The molecule has 8 heteroatoms. The molecule has 8 nitrogen and oxygen atoms in total. The molecule has 4 rings (SSSR count). The van der Waals surface area contributed by atoms with Crippen molar-refractivity contribution >= 4 is 11.8 Å². The molecule has 1 N–H and O–H groups in total. The third-order valence-electron chi connectivity index (χ3n) is 4.87. The molecule has 2 aromatic heterocycles. The van der Waals surface area contributed by atoms with Gasteiger partial charge in [0, 0.05) is 25.0 Å². The quantitative estimate of drug-likeness (QED) is 0.872. The van der Waals surface area contributed by atoms with Crippen molar-refractivity contribution in [1.29, 1.82) is 0 Å². The average Bonchev–Trinajstić information content (AvgIpc) is 2.66. The van der Waals surface area contributed by atoms with Gasteiger partial charge in [0.05, 0.1) is 26.8 Å². The molecule has 2 aliphatic heterocycles. The second kappa shape index (κ2) is 6.79. The predicted octanol–water partition coefficient (Wildman–Crippen LogP) is 1.37. The summed E-state index contributed by atoms with van der Waals surface area (Å²) in [5.41, 5.74) is -0.0298. The summed E-state index contributed by atoms with van der Waals surface area (Å²) in [6.07, 6.45) is 7.22. The van der Waals surface area contributed by atoms with E-state index in [2.05, 4.69) is 30.2 Å². The first-order valence-electron chi connectivity index (χ1n) is 8.52. The number of rotatable bonds is 5. The lowest BCUT2D eigenvalue weighted by Crippen LogP contribution is -2.65. The minimum Gasteiger partial charge on any atom is -0.481 e. The van der Waals surface area contributed by atoms with E-state index in [0.717, 1.165) is 44.9 Å². The van der Waals surface area contributed by atoms with E-state index in [1.54, 1.807) is 19.5 Å². The van der Waals surface area contributed by atoms with Gasteiger partial charge < -0.3 is 19.7 Å². The van der Waals surface area contributed by atoms with Crippen LogP contribution in [0.1, 0.15) is 12.8 Å². The Morgan fingerprint density at radius 1 is 1.28 bits per heavy atom. The Balaban J connectivity index is 1.25. The van der Waals surface area contributed by atoms with E-state index in [1.165, 1.54) is 6.33 Å². The van der Waals surface area contributed by atoms with Crippen LogP contribution in [0.5, 0.6) is 5.88 Å². The number of anilines is 2. The third kappa shape index (κ3) is 3.48. The second-order valence-corrected chi connectivity index (χ2v) is 6.63. The molecule has 25 heavy (non-hydrogen) atoms. The lowest BCUT2D eigenvalue weighted by atomic mass is 9.83. The van der Waals surface area contributed by atoms with E-state index in [0.29, 0.717) is 17.7 Å². The fraction of sp³-hybridized carbons (Fsp3) is 0.529. The first kappa shape index (κ1) is 16.0. The van der Waals surface area contributed by atoms with Gasteiger partial charge in [-0.05, 0) is 24.8 Å². The molecule has 1 atom stereocenters. The van der Waals surface area contributed by atoms with E-state index in [4.69, 9.17) is 9.47 Å². The van der Waals surface area contributed by atoms with Gasteiger partial charge in [0.1, 0.15) is 17.7 Å². The van der Waals surface area contributed by atoms with Crippen molar-refractivity contribution in [2.24, 2.45) is 5.92 Å². The van der Waals surface area contributed by atoms with Gasteiger partial charge in [-0.15, -0.1) is 0 Å². The fourth-order valence-corrected chi connectivity index (χ4v) is 3.38. The van der Waals surface area contributed by atoms with Crippen LogP contribution in [0, 0.1) is 5.92 Å². The van der Waals surface area contributed by atoms with Crippen LogP contribution in [0.4, 0.5) is 11.8 Å². The van der Waals surface area contributed by atoms with Crippen LogP contribution in [0.3, 0.4) is 0 Å². The molecule has 0 unspecified atom stereocenters. The van der Waals surface area contributed by atoms with Gasteiger partial charge in [0.2, 0.25) is 11.8 Å². The Hall–Kier alpha value is -2.48. The number of nitrogens with one attached hydrogen (secondary N) is 1. The number of hydrogen-bond acceptors (Lipinski definition) is 8. The van der Waals surface area contributed by atoms with E-state index in [-0.39, 0.29) is 5.60 Å². The zero-order valence-electron chi connectivity index (χ0n) is 14.3. The van der Waals surface area contributed by atoms with Gasteiger partial charge in [-0.25, -0.2) is 19.9 Å². The number of aromatic nitrogens is 4. The van der Waals surface area contributed by atoms with Crippen molar-refractivity contribution in [3.8, 4) is 5.88 Å². The lowest BCUT2D eigenvalue weighted by molar-refractivity contribution is -0.113. The highest BCUT2D eigenvalue weighted by atomic mass is 16.5. The largest absolute Gasteiger partial charge is 0.481 e. The van der Waals surface area contributed by atoms with Gasteiger partial charge >= 0.3 is 0 Å². The van der Waals surface area contributed by atoms with Crippen molar-refractivity contribution < 1.29 is 9.47 Å². The molecule has 0 saturated carbocycles. The molecule has 132 valence electrons. The normalized spacial score (nSPS) is 21.6. The molecule has 0 radical (unpaired) electrons. The first-order chi connectivity index (χ1) is 12.3. The van der Waals surface area contributed by atoms with Crippen LogP contribution in [-0.4, -0.2) is 58.9 Å². The van der Waals surface area contributed by atoms with Crippen molar-refractivity contribution in [1.82, 2.24) is 19.9 Å². The predicted molar refractivity (Wildman–Crippen MR) is 92.7 cm³/mol. The SMILES string of the molecule is COc1cc(N2CC3(CC[C@@H](CNc4ncccn4)CO3)C2)ncn1. The molecule has 0 bridgehead atoms. The number of methoxy groups -OCH3 is 1. The molecule has 2 aliphatic rings. The Morgan fingerprint density at radius 3 is 2.84 bits per heavy atom. The molecular weight excluding hydrogens is 320 g/mol. The monoisotopic (exact) mass is 342 g/mol. The zero-order chi connectivity index (χ0) is 17.1. The fourth-order valence-electron chi connectivity index (χ4n) is 3.38. The maximum atomic E-state index is 6.21. The van der Waals surface area contributed by atoms with E-state index >= 15 is 0 Å². The summed E-state index contributed by atoms with van der Waals surface area (Å²) in [6, 6.07) is 3.68. The van der Waals surface area contributed by atoms with Crippen LogP contribution >= 0.6 is 0 Å². The molecule has 0 amide bonds. The Bertz CT molecular complexity index is 697. The Kier molecular flexibility index (Phi) is 4.35. The van der Waals surface area contributed by atoms with Crippen LogP contribution in [0.15, 0.2) is 30.9 Å². The van der Waals surface area contributed by atoms with Crippen molar-refractivity contribution in [2.75, 3.05) is 43.6 Å². The molecule has 2 fully saturated rings. The van der Waals surface area contributed by atoms with E-state index < -0.39 is 0 Å². The molecule has 4 heterocycles. The zero-order valence-corrected chi connectivity index (χ0v) is 14.3. The van der Waals surface area contributed by atoms with E-state index in [1.807, 2.05) is 12.1 Å².